The van der Waals surface area contributed by atoms with E-state index in [1.807, 2.05) is 0 Å². The van der Waals surface area contributed by atoms with Crippen molar-refractivity contribution in [3.8, 4) is 0 Å². The molecule has 1 aromatic heterocycles. The number of anilines is 4. The van der Waals surface area contributed by atoms with Gasteiger partial charge in [-0.3, -0.25) is 10.0 Å². The van der Waals surface area contributed by atoms with Crippen LogP contribution in [0.15, 0.2) is 54.7 Å². The number of rotatable bonds is 6. The smallest absolute Gasteiger partial charge is 0.339 e. The molecule has 0 radical (unpaired) electrons. The Hall–Kier alpha value is -3.43. The predicted molar refractivity (Wildman–Crippen MR) is 115 cm³/mol. The van der Waals surface area contributed by atoms with Gasteiger partial charge in [0.05, 0.1) is 5.69 Å². The van der Waals surface area contributed by atoms with Gasteiger partial charge in [0, 0.05) is 22.8 Å². The third-order valence-corrected chi connectivity index (χ3v) is 5.89. The summed E-state index contributed by atoms with van der Waals surface area (Å²) in [4.78, 5) is 19.1. The molecule has 0 aliphatic heterocycles. The van der Waals surface area contributed by atoms with Crippen molar-refractivity contribution in [2.45, 2.75) is 6.18 Å². The zero-order chi connectivity index (χ0) is 23.5. The predicted octanol–water partition coefficient (Wildman–Crippen LogP) is 4.35. The number of amides is 1. The number of hydrogen-bond acceptors (Lipinski definition) is 7. The second kappa shape index (κ2) is 8.97. The monoisotopic (exact) mass is 465 g/mol. The number of benzene rings is 2. The molecular formula is C20H19F3N5O3P. The van der Waals surface area contributed by atoms with Gasteiger partial charge in [0.25, 0.3) is 5.91 Å². The maximum Gasteiger partial charge on any atom is 0.421 e. The van der Waals surface area contributed by atoms with E-state index in [9.17, 15) is 22.5 Å². The normalized spacial score (nSPS) is 11.7. The summed E-state index contributed by atoms with van der Waals surface area (Å²) in [6, 6.07) is 12.1. The number of para-hydroxylation sites is 1. The van der Waals surface area contributed by atoms with E-state index in [2.05, 4.69) is 20.6 Å². The van der Waals surface area contributed by atoms with E-state index >= 15 is 0 Å². The van der Waals surface area contributed by atoms with Gasteiger partial charge >= 0.3 is 6.18 Å². The Morgan fingerprint density at radius 1 is 1.03 bits per heavy atom. The molecule has 0 bridgehead atoms. The molecule has 4 N–H and O–H groups in total. The summed E-state index contributed by atoms with van der Waals surface area (Å²) in [5.41, 5.74) is 1.23. The van der Waals surface area contributed by atoms with E-state index in [1.165, 1.54) is 49.1 Å². The van der Waals surface area contributed by atoms with Crippen LogP contribution in [-0.2, 0) is 10.7 Å². The van der Waals surface area contributed by atoms with Crippen molar-refractivity contribution in [3.63, 3.8) is 0 Å². The van der Waals surface area contributed by atoms with Crippen LogP contribution in [0, 0.1) is 0 Å². The number of carbonyl (C=O) groups is 1. The molecule has 0 atom stereocenters. The standard InChI is InChI=1S/C20H19F3N5O3P/c1-32(2,31)16-6-4-3-5-15(16)26-17-14(20(21,22)23)11-24-19(27-17)25-13-9-7-12(8-10-13)18(29)28-30/h3-11,30H,1-2H3,(H,28,29)(H2,24,25,26,27). The maximum atomic E-state index is 13.5. The van der Waals surface area contributed by atoms with Gasteiger partial charge in [0.15, 0.2) is 0 Å². The Bertz CT molecular complexity index is 1180. The lowest BCUT2D eigenvalue weighted by molar-refractivity contribution is -0.137. The van der Waals surface area contributed by atoms with Gasteiger partial charge < -0.3 is 15.2 Å². The van der Waals surface area contributed by atoms with Crippen molar-refractivity contribution < 1.29 is 27.7 Å². The van der Waals surface area contributed by atoms with Crippen LogP contribution in [0.1, 0.15) is 15.9 Å². The van der Waals surface area contributed by atoms with Crippen molar-refractivity contribution in [2.75, 3.05) is 24.0 Å². The zero-order valence-corrected chi connectivity index (χ0v) is 17.8. The molecule has 0 unspecified atom stereocenters. The second-order valence-electron chi connectivity index (χ2n) is 7.09. The molecule has 1 heterocycles. The lowest BCUT2D eigenvalue weighted by atomic mass is 10.2. The van der Waals surface area contributed by atoms with E-state index < -0.39 is 30.6 Å². The molecule has 0 aliphatic rings. The number of hydrogen-bond donors (Lipinski definition) is 4. The molecule has 3 aromatic rings. The summed E-state index contributed by atoms with van der Waals surface area (Å²) in [7, 11) is -2.78. The summed E-state index contributed by atoms with van der Waals surface area (Å²) in [5, 5.41) is 14.4. The first-order valence-corrected chi connectivity index (χ1v) is 11.8. The van der Waals surface area contributed by atoms with Crippen molar-refractivity contribution in [3.05, 3.63) is 65.9 Å². The fourth-order valence-corrected chi connectivity index (χ4v) is 3.98. The topological polar surface area (TPSA) is 116 Å². The van der Waals surface area contributed by atoms with Crippen molar-refractivity contribution in [1.82, 2.24) is 15.4 Å². The highest BCUT2D eigenvalue weighted by Gasteiger charge is 2.35. The van der Waals surface area contributed by atoms with Crippen LogP contribution in [0.4, 0.5) is 36.3 Å². The summed E-state index contributed by atoms with van der Waals surface area (Å²) in [6.07, 6.45) is -4.08. The highest BCUT2D eigenvalue weighted by molar-refractivity contribution is 7.70. The van der Waals surface area contributed by atoms with Crippen molar-refractivity contribution >= 4 is 41.5 Å². The maximum absolute atomic E-state index is 13.5. The molecule has 168 valence electrons. The van der Waals surface area contributed by atoms with Crippen LogP contribution < -0.4 is 21.4 Å². The molecule has 0 saturated heterocycles. The minimum absolute atomic E-state index is 0.131. The van der Waals surface area contributed by atoms with Crippen LogP contribution in [-0.4, -0.2) is 34.4 Å². The Labute approximate surface area is 181 Å². The SMILES string of the molecule is CP(C)(=O)c1ccccc1Nc1nc(Nc2ccc(C(=O)NO)cc2)ncc1C(F)(F)F. The van der Waals surface area contributed by atoms with E-state index in [1.54, 1.807) is 18.2 Å². The molecule has 2 aromatic carbocycles. The number of hydroxylamine groups is 1. The summed E-state index contributed by atoms with van der Waals surface area (Å²) in [6.45, 7) is 3.04. The number of nitrogens with one attached hydrogen (secondary N) is 3. The number of carbonyl (C=O) groups excluding carboxylic acids is 1. The lowest BCUT2D eigenvalue weighted by Gasteiger charge is -2.18. The largest absolute Gasteiger partial charge is 0.421 e. The fourth-order valence-electron chi connectivity index (χ4n) is 2.82. The van der Waals surface area contributed by atoms with E-state index in [0.29, 0.717) is 17.2 Å². The Morgan fingerprint density at radius 3 is 2.28 bits per heavy atom. The fraction of sp³-hybridized carbons (Fsp3) is 0.150. The van der Waals surface area contributed by atoms with Crippen molar-refractivity contribution in [2.24, 2.45) is 0 Å². The average Bonchev–Trinajstić information content (AvgIpc) is 2.72. The molecule has 3 rings (SSSR count). The second-order valence-corrected chi connectivity index (χ2v) is 10.3. The van der Waals surface area contributed by atoms with Crippen LogP contribution in [0.25, 0.3) is 0 Å². The van der Waals surface area contributed by atoms with E-state index in [-0.39, 0.29) is 17.2 Å². The van der Waals surface area contributed by atoms with Gasteiger partial charge in [-0.2, -0.15) is 18.2 Å². The van der Waals surface area contributed by atoms with Gasteiger partial charge in [0.1, 0.15) is 18.5 Å². The van der Waals surface area contributed by atoms with Crippen LogP contribution in [0.3, 0.4) is 0 Å². The van der Waals surface area contributed by atoms with Crippen molar-refractivity contribution in [1.29, 1.82) is 0 Å². The highest BCUT2D eigenvalue weighted by Crippen LogP contribution is 2.40. The first-order chi connectivity index (χ1) is 15.0. The number of alkyl halides is 3. The molecule has 12 heteroatoms. The number of aromatic nitrogens is 2. The van der Waals surface area contributed by atoms with E-state index in [4.69, 9.17) is 5.21 Å². The third-order valence-electron chi connectivity index (χ3n) is 4.34. The Balaban J connectivity index is 1.96. The lowest BCUT2D eigenvalue weighted by Crippen LogP contribution is -2.18. The Kier molecular flexibility index (Phi) is 6.52. The first kappa shape index (κ1) is 23.2. The van der Waals surface area contributed by atoms with Crippen LogP contribution >= 0.6 is 7.14 Å². The molecule has 0 saturated carbocycles. The van der Waals surface area contributed by atoms with Crippen LogP contribution in [0.5, 0.6) is 0 Å². The van der Waals surface area contributed by atoms with E-state index in [0.717, 1.165) is 0 Å². The Morgan fingerprint density at radius 2 is 1.69 bits per heavy atom. The number of nitrogens with zero attached hydrogens (tertiary/aromatic N) is 2. The molecule has 32 heavy (non-hydrogen) atoms. The molecule has 0 aliphatic carbocycles. The van der Waals surface area contributed by atoms with Gasteiger partial charge in [-0.25, -0.2) is 10.5 Å². The number of halogens is 3. The minimum Gasteiger partial charge on any atom is -0.339 e. The molecular weight excluding hydrogens is 446 g/mol. The van der Waals surface area contributed by atoms with Crippen LogP contribution in [0.2, 0.25) is 0 Å². The summed E-state index contributed by atoms with van der Waals surface area (Å²) >= 11 is 0. The first-order valence-electron chi connectivity index (χ1n) is 9.16. The molecule has 0 spiro atoms. The van der Waals surface area contributed by atoms with Gasteiger partial charge in [-0.1, -0.05) is 12.1 Å². The van der Waals surface area contributed by atoms with Gasteiger partial charge in [0.2, 0.25) is 5.95 Å². The van der Waals surface area contributed by atoms with Gasteiger partial charge in [-0.15, -0.1) is 0 Å². The van der Waals surface area contributed by atoms with Gasteiger partial charge in [-0.05, 0) is 49.7 Å². The zero-order valence-electron chi connectivity index (χ0n) is 16.9. The highest BCUT2D eigenvalue weighted by atomic mass is 31.2. The molecule has 1 amide bonds. The minimum atomic E-state index is -4.72. The molecule has 0 fully saturated rings. The third kappa shape index (κ3) is 5.43. The average molecular weight is 465 g/mol. The summed E-state index contributed by atoms with van der Waals surface area (Å²) < 4.78 is 53.2. The molecule has 8 nitrogen and oxygen atoms in total. The quantitative estimate of drug-likeness (QED) is 0.243. The summed E-state index contributed by atoms with van der Waals surface area (Å²) in [5.74, 6) is -1.35.